The van der Waals surface area contributed by atoms with Crippen molar-refractivity contribution in [2.24, 2.45) is 0 Å². The molecule has 3 rings (SSSR count). The van der Waals surface area contributed by atoms with E-state index in [1.807, 2.05) is 18.2 Å². The molecular formula is C19H19ClN2O4S. The van der Waals surface area contributed by atoms with E-state index in [1.165, 1.54) is 11.8 Å². The summed E-state index contributed by atoms with van der Waals surface area (Å²) in [4.78, 5) is 0. The molecule has 3 aromatic rings. The van der Waals surface area contributed by atoms with Crippen LogP contribution in [0.2, 0.25) is 5.02 Å². The van der Waals surface area contributed by atoms with E-state index in [4.69, 9.17) is 30.2 Å². The molecule has 2 aromatic carbocycles. The molecule has 1 heterocycles. The van der Waals surface area contributed by atoms with Crippen LogP contribution in [0.5, 0.6) is 17.2 Å². The molecular weight excluding hydrogens is 388 g/mol. The Morgan fingerprint density at radius 2 is 1.78 bits per heavy atom. The summed E-state index contributed by atoms with van der Waals surface area (Å²) < 4.78 is 21.9. The molecule has 27 heavy (non-hydrogen) atoms. The van der Waals surface area contributed by atoms with Gasteiger partial charge in [-0.25, -0.2) is 0 Å². The van der Waals surface area contributed by atoms with E-state index >= 15 is 0 Å². The number of nitrogens with zero attached hydrogens (tertiary/aromatic N) is 2. The van der Waals surface area contributed by atoms with Crippen molar-refractivity contribution < 1.29 is 18.6 Å². The van der Waals surface area contributed by atoms with Crippen molar-refractivity contribution in [3.63, 3.8) is 0 Å². The summed E-state index contributed by atoms with van der Waals surface area (Å²) in [7, 11) is 3.18. The summed E-state index contributed by atoms with van der Waals surface area (Å²) in [6, 6.07) is 12.8. The molecule has 0 saturated carbocycles. The second-order valence-corrected chi connectivity index (χ2v) is 6.93. The molecule has 1 aromatic heterocycles. The second-order valence-electron chi connectivity index (χ2n) is 5.45. The lowest BCUT2D eigenvalue weighted by Gasteiger charge is -2.07. The summed E-state index contributed by atoms with van der Waals surface area (Å²) >= 11 is 7.34. The number of benzene rings is 2. The molecule has 6 nitrogen and oxygen atoms in total. The van der Waals surface area contributed by atoms with Crippen molar-refractivity contribution in [2.45, 2.75) is 11.6 Å². The summed E-state index contributed by atoms with van der Waals surface area (Å²) in [5, 5.41) is 9.38. The van der Waals surface area contributed by atoms with Gasteiger partial charge in [0.15, 0.2) is 11.5 Å². The Morgan fingerprint density at radius 3 is 2.52 bits per heavy atom. The maximum absolute atomic E-state index is 5.85. The number of thioether (sulfide) groups is 1. The molecule has 0 fully saturated rings. The minimum absolute atomic E-state index is 0.441. The minimum atomic E-state index is 0.441. The number of methoxy groups -OCH3 is 2. The zero-order chi connectivity index (χ0) is 19.1. The molecule has 0 unspecified atom stereocenters. The standard InChI is InChI=1S/C19H19ClN2O4S/c1-23-16-9-4-13(12-17(16)24-2)18-21-22-19(26-18)27-11-3-10-25-15-7-5-14(20)6-8-15/h4-9,12H,3,10-11H2,1-2H3. The fraction of sp³-hybridized carbons (Fsp3) is 0.263. The third-order valence-corrected chi connectivity index (χ3v) is 4.79. The highest BCUT2D eigenvalue weighted by Gasteiger charge is 2.12. The van der Waals surface area contributed by atoms with Gasteiger partial charge in [0.05, 0.1) is 20.8 Å². The van der Waals surface area contributed by atoms with Gasteiger partial charge in [0, 0.05) is 16.3 Å². The van der Waals surface area contributed by atoms with Gasteiger partial charge in [-0.3, -0.25) is 0 Å². The highest BCUT2D eigenvalue weighted by molar-refractivity contribution is 7.99. The normalized spacial score (nSPS) is 10.6. The number of halogens is 1. The quantitative estimate of drug-likeness (QED) is 0.367. The van der Waals surface area contributed by atoms with Crippen molar-refractivity contribution in [3.8, 4) is 28.7 Å². The first-order valence-electron chi connectivity index (χ1n) is 8.26. The van der Waals surface area contributed by atoms with E-state index in [2.05, 4.69) is 10.2 Å². The fourth-order valence-electron chi connectivity index (χ4n) is 2.29. The Morgan fingerprint density at radius 1 is 1.00 bits per heavy atom. The maximum Gasteiger partial charge on any atom is 0.276 e. The average Bonchev–Trinajstić information content (AvgIpc) is 3.17. The Bertz CT molecular complexity index is 870. The number of hydrogen-bond donors (Lipinski definition) is 0. The van der Waals surface area contributed by atoms with E-state index in [0.29, 0.717) is 34.2 Å². The topological polar surface area (TPSA) is 66.6 Å². The van der Waals surface area contributed by atoms with E-state index in [1.54, 1.807) is 38.5 Å². The van der Waals surface area contributed by atoms with Gasteiger partial charge in [0.2, 0.25) is 5.89 Å². The molecule has 0 saturated heterocycles. The third kappa shape index (κ3) is 5.30. The number of hydrogen-bond acceptors (Lipinski definition) is 7. The maximum atomic E-state index is 5.85. The summed E-state index contributed by atoms with van der Waals surface area (Å²) in [6.45, 7) is 0.602. The van der Waals surface area contributed by atoms with E-state index in [9.17, 15) is 0 Å². The summed E-state index contributed by atoms with van der Waals surface area (Å²) in [5.74, 6) is 3.31. The first-order valence-corrected chi connectivity index (χ1v) is 9.63. The SMILES string of the molecule is COc1ccc(-c2nnc(SCCCOc3ccc(Cl)cc3)o2)cc1OC. The smallest absolute Gasteiger partial charge is 0.276 e. The highest BCUT2D eigenvalue weighted by Crippen LogP contribution is 2.32. The first-order chi connectivity index (χ1) is 13.2. The zero-order valence-electron chi connectivity index (χ0n) is 15.0. The molecule has 0 atom stereocenters. The molecule has 0 bridgehead atoms. The van der Waals surface area contributed by atoms with Crippen LogP contribution in [0.3, 0.4) is 0 Å². The van der Waals surface area contributed by atoms with Gasteiger partial charge in [-0.1, -0.05) is 23.4 Å². The Labute approximate surface area is 166 Å². The average molecular weight is 407 g/mol. The molecule has 0 aliphatic heterocycles. The number of ether oxygens (including phenoxy) is 3. The first kappa shape index (κ1) is 19.4. The summed E-state index contributed by atoms with van der Waals surface area (Å²) in [6.07, 6.45) is 0.849. The van der Waals surface area contributed by atoms with Gasteiger partial charge in [-0.05, 0) is 48.9 Å². The van der Waals surface area contributed by atoms with E-state index < -0.39 is 0 Å². The van der Waals surface area contributed by atoms with Crippen LogP contribution in [0, 0.1) is 0 Å². The molecule has 8 heteroatoms. The van der Waals surface area contributed by atoms with Crippen LogP contribution in [0.4, 0.5) is 0 Å². The van der Waals surface area contributed by atoms with Crippen LogP contribution in [-0.4, -0.2) is 36.8 Å². The van der Waals surface area contributed by atoms with Crippen molar-refractivity contribution in [1.29, 1.82) is 0 Å². The van der Waals surface area contributed by atoms with Crippen LogP contribution in [0.15, 0.2) is 52.1 Å². The van der Waals surface area contributed by atoms with Gasteiger partial charge in [-0.15, -0.1) is 10.2 Å². The molecule has 0 amide bonds. The lowest BCUT2D eigenvalue weighted by molar-refractivity contribution is 0.318. The lowest BCUT2D eigenvalue weighted by atomic mass is 10.2. The fourth-order valence-corrected chi connectivity index (χ4v) is 3.09. The largest absolute Gasteiger partial charge is 0.494 e. The molecule has 0 aliphatic carbocycles. The van der Waals surface area contributed by atoms with Crippen molar-refractivity contribution in [3.05, 3.63) is 47.5 Å². The van der Waals surface area contributed by atoms with Crippen LogP contribution in [-0.2, 0) is 0 Å². The van der Waals surface area contributed by atoms with Gasteiger partial charge < -0.3 is 18.6 Å². The third-order valence-electron chi connectivity index (χ3n) is 3.63. The van der Waals surface area contributed by atoms with Crippen LogP contribution in [0.1, 0.15) is 6.42 Å². The van der Waals surface area contributed by atoms with Crippen molar-refractivity contribution in [2.75, 3.05) is 26.6 Å². The molecule has 0 N–H and O–H groups in total. The molecule has 0 radical (unpaired) electrons. The van der Waals surface area contributed by atoms with Gasteiger partial charge in [0.25, 0.3) is 5.22 Å². The minimum Gasteiger partial charge on any atom is -0.494 e. The zero-order valence-corrected chi connectivity index (χ0v) is 16.5. The summed E-state index contributed by atoms with van der Waals surface area (Å²) in [5.41, 5.74) is 0.776. The van der Waals surface area contributed by atoms with Crippen LogP contribution in [0.25, 0.3) is 11.5 Å². The van der Waals surface area contributed by atoms with Gasteiger partial charge >= 0.3 is 0 Å². The van der Waals surface area contributed by atoms with Crippen LogP contribution < -0.4 is 14.2 Å². The van der Waals surface area contributed by atoms with E-state index in [0.717, 1.165) is 23.5 Å². The number of rotatable bonds is 9. The van der Waals surface area contributed by atoms with Gasteiger partial charge in [-0.2, -0.15) is 0 Å². The Kier molecular flexibility index (Phi) is 6.84. The highest BCUT2D eigenvalue weighted by atomic mass is 35.5. The van der Waals surface area contributed by atoms with Crippen LogP contribution >= 0.6 is 23.4 Å². The van der Waals surface area contributed by atoms with Gasteiger partial charge in [0.1, 0.15) is 5.75 Å². The lowest BCUT2D eigenvalue weighted by Crippen LogP contribution is -1.98. The van der Waals surface area contributed by atoms with E-state index in [-0.39, 0.29) is 0 Å². The Balaban J connectivity index is 1.49. The predicted octanol–water partition coefficient (Wildman–Crippen LogP) is 4.97. The number of aromatic nitrogens is 2. The Hall–Kier alpha value is -2.38. The van der Waals surface area contributed by atoms with Crippen molar-refractivity contribution in [1.82, 2.24) is 10.2 Å². The van der Waals surface area contributed by atoms with Crippen molar-refractivity contribution >= 4 is 23.4 Å². The molecule has 0 aliphatic rings. The molecule has 142 valence electrons. The monoisotopic (exact) mass is 406 g/mol. The predicted molar refractivity (Wildman–Crippen MR) is 105 cm³/mol. The second kappa shape index (κ2) is 9.53. The molecule has 0 spiro atoms.